The standard InChI is InChI=1S/C11H12N2O2/c1-2-3-4-10-7-9(8-12)5-6-11(10)13(14)15/h5-7H,2-4H2,1H3. The van der Waals surface area contributed by atoms with Crippen LogP contribution in [0.25, 0.3) is 0 Å². The molecule has 0 fully saturated rings. The Kier molecular flexibility index (Phi) is 3.81. The Morgan fingerprint density at radius 3 is 2.80 bits per heavy atom. The van der Waals surface area contributed by atoms with Crippen LogP contribution in [0, 0.1) is 21.4 Å². The van der Waals surface area contributed by atoms with Crippen LogP contribution in [0.4, 0.5) is 5.69 Å². The van der Waals surface area contributed by atoms with E-state index in [0.29, 0.717) is 17.5 Å². The van der Waals surface area contributed by atoms with Gasteiger partial charge in [-0.05, 0) is 25.0 Å². The quantitative estimate of drug-likeness (QED) is 0.559. The molecule has 0 atom stereocenters. The minimum atomic E-state index is -0.397. The van der Waals surface area contributed by atoms with E-state index in [2.05, 4.69) is 0 Å². The first-order chi connectivity index (χ1) is 7.19. The number of nitro benzene ring substituents is 1. The summed E-state index contributed by atoms with van der Waals surface area (Å²) in [5.74, 6) is 0. The maximum atomic E-state index is 10.7. The van der Waals surface area contributed by atoms with E-state index in [4.69, 9.17) is 5.26 Å². The summed E-state index contributed by atoms with van der Waals surface area (Å²) in [6, 6.07) is 6.48. The van der Waals surface area contributed by atoms with Crippen molar-refractivity contribution in [2.75, 3.05) is 0 Å². The van der Waals surface area contributed by atoms with Crippen LogP contribution in [0.2, 0.25) is 0 Å². The van der Waals surface area contributed by atoms with Gasteiger partial charge in [0, 0.05) is 11.6 Å². The van der Waals surface area contributed by atoms with Gasteiger partial charge in [-0.15, -0.1) is 0 Å². The van der Waals surface area contributed by atoms with Crippen LogP contribution in [-0.2, 0) is 6.42 Å². The van der Waals surface area contributed by atoms with Gasteiger partial charge in [-0.2, -0.15) is 5.26 Å². The lowest BCUT2D eigenvalue weighted by molar-refractivity contribution is -0.385. The number of unbranched alkanes of at least 4 members (excludes halogenated alkanes) is 1. The maximum Gasteiger partial charge on any atom is 0.272 e. The molecule has 1 aromatic rings. The molecule has 4 heteroatoms. The molecule has 1 aromatic carbocycles. The SMILES string of the molecule is CCCCc1cc(C#N)ccc1[N+](=O)[O-]. The summed E-state index contributed by atoms with van der Waals surface area (Å²) in [6.07, 6.45) is 2.53. The monoisotopic (exact) mass is 204 g/mol. The third-order valence-corrected chi connectivity index (χ3v) is 2.20. The maximum absolute atomic E-state index is 10.7. The van der Waals surface area contributed by atoms with Crippen molar-refractivity contribution in [1.29, 1.82) is 5.26 Å². The van der Waals surface area contributed by atoms with E-state index in [1.165, 1.54) is 12.1 Å². The number of hydrogen-bond acceptors (Lipinski definition) is 3. The Bertz CT molecular complexity index is 408. The van der Waals surface area contributed by atoms with E-state index in [0.717, 1.165) is 12.8 Å². The molecule has 0 aromatic heterocycles. The molecule has 0 aliphatic carbocycles. The topological polar surface area (TPSA) is 66.9 Å². The first-order valence-corrected chi connectivity index (χ1v) is 4.86. The van der Waals surface area contributed by atoms with Gasteiger partial charge in [0.15, 0.2) is 0 Å². The Balaban J connectivity index is 3.06. The van der Waals surface area contributed by atoms with Crippen LogP contribution in [0.1, 0.15) is 30.9 Å². The average Bonchev–Trinajstić information content (AvgIpc) is 2.25. The number of aryl methyl sites for hydroxylation is 1. The predicted octanol–water partition coefficient (Wildman–Crippen LogP) is 2.81. The molecule has 78 valence electrons. The van der Waals surface area contributed by atoms with Crippen molar-refractivity contribution in [1.82, 2.24) is 0 Å². The molecular weight excluding hydrogens is 192 g/mol. The number of rotatable bonds is 4. The number of hydrogen-bond donors (Lipinski definition) is 0. The summed E-state index contributed by atoms with van der Waals surface area (Å²) in [4.78, 5) is 10.3. The molecule has 0 bridgehead atoms. The Labute approximate surface area is 88.3 Å². The fourth-order valence-electron chi connectivity index (χ4n) is 1.40. The van der Waals surface area contributed by atoms with Gasteiger partial charge in [-0.1, -0.05) is 13.3 Å². The molecule has 0 heterocycles. The fourth-order valence-corrected chi connectivity index (χ4v) is 1.40. The van der Waals surface area contributed by atoms with Crippen molar-refractivity contribution in [3.8, 4) is 6.07 Å². The molecule has 0 saturated heterocycles. The molecule has 0 spiro atoms. The van der Waals surface area contributed by atoms with E-state index in [1.807, 2.05) is 13.0 Å². The smallest absolute Gasteiger partial charge is 0.258 e. The first-order valence-electron chi connectivity index (χ1n) is 4.86. The van der Waals surface area contributed by atoms with E-state index in [9.17, 15) is 10.1 Å². The molecule has 0 aliphatic rings. The van der Waals surface area contributed by atoms with E-state index < -0.39 is 4.92 Å². The summed E-state index contributed by atoms with van der Waals surface area (Å²) in [5, 5.41) is 19.4. The summed E-state index contributed by atoms with van der Waals surface area (Å²) in [6.45, 7) is 2.03. The highest BCUT2D eigenvalue weighted by Crippen LogP contribution is 2.21. The van der Waals surface area contributed by atoms with Crippen molar-refractivity contribution in [3.05, 3.63) is 39.4 Å². The molecule has 1 rings (SSSR count). The summed E-state index contributed by atoms with van der Waals surface area (Å²) in [7, 11) is 0. The van der Waals surface area contributed by atoms with Crippen molar-refractivity contribution >= 4 is 5.69 Å². The lowest BCUT2D eigenvalue weighted by Gasteiger charge is -2.01. The van der Waals surface area contributed by atoms with Gasteiger partial charge in [-0.25, -0.2) is 0 Å². The van der Waals surface area contributed by atoms with Crippen LogP contribution >= 0.6 is 0 Å². The highest BCUT2D eigenvalue weighted by Gasteiger charge is 2.13. The number of nitrogens with zero attached hydrogens (tertiary/aromatic N) is 2. The number of benzene rings is 1. The molecule has 15 heavy (non-hydrogen) atoms. The zero-order valence-electron chi connectivity index (χ0n) is 8.56. The van der Waals surface area contributed by atoms with Gasteiger partial charge in [0.25, 0.3) is 5.69 Å². The predicted molar refractivity (Wildman–Crippen MR) is 56.4 cm³/mol. The van der Waals surface area contributed by atoms with Crippen molar-refractivity contribution in [2.24, 2.45) is 0 Å². The number of nitriles is 1. The van der Waals surface area contributed by atoms with Gasteiger partial charge < -0.3 is 0 Å². The zero-order chi connectivity index (χ0) is 11.3. The van der Waals surface area contributed by atoms with Crippen LogP contribution in [-0.4, -0.2) is 4.92 Å². The Morgan fingerprint density at radius 1 is 1.53 bits per heavy atom. The van der Waals surface area contributed by atoms with E-state index >= 15 is 0 Å². The van der Waals surface area contributed by atoms with Crippen molar-refractivity contribution in [3.63, 3.8) is 0 Å². The van der Waals surface area contributed by atoms with Gasteiger partial charge in [-0.3, -0.25) is 10.1 Å². The molecule has 0 unspecified atom stereocenters. The lowest BCUT2D eigenvalue weighted by atomic mass is 10.0. The molecule has 0 aliphatic heterocycles. The normalized spacial score (nSPS) is 9.60. The van der Waals surface area contributed by atoms with Crippen molar-refractivity contribution < 1.29 is 4.92 Å². The van der Waals surface area contributed by atoms with Gasteiger partial charge in [0.1, 0.15) is 0 Å². The fraction of sp³-hybridized carbons (Fsp3) is 0.364. The summed E-state index contributed by atoms with van der Waals surface area (Å²) < 4.78 is 0. The minimum absolute atomic E-state index is 0.113. The van der Waals surface area contributed by atoms with Crippen LogP contribution in [0.5, 0.6) is 0 Å². The van der Waals surface area contributed by atoms with Gasteiger partial charge in [0.05, 0.1) is 16.6 Å². The second-order valence-corrected chi connectivity index (χ2v) is 3.32. The average molecular weight is 204 g/mol. The lowest BCUT2D eigenvalue weighted by Crippen LogP contribution is -1.96. The number of nitro groups is 1. The minimum Gasteiger partial charge on any atom is -0.258 e. The molecule has 0 saturated carbocycles. The molecular formula is C11H12N2O2. The Morgan fingerprint density at radius 2 is 2.27 bits per heavy atom. The van der Waals surface area contributed by atoms with Crippen LogP contribution in [0.15, 0.2) is 18.2 Å². The van der Waals surface area contributed by atoms with Crippen molar-refractivity contribution in [2.45, 2.75) is 26.2 Å². The second kappa shape index (κ2) is 5.11. The third kappa shape index (κ3) is 2.78. The van der Waals surface area contributed by atoms with Crippen LogP contribution in [0.3, 0.4) is 0 Å². The van der Waals surface area contributed by atoms with E-state index in [1.54, 1.807) is 6.07 Å². The largest absolute Gasteiger partial charge is 0.272 e. The van der Waals surface area contributed by atoms with Gasteiger partial charge in [0.2, 0.25) is 0 Å². The highest BCUT2D eigenvalue weighted by atomic mass is 16.6. The molecule has 0 N–H and O–H groups in total. The molecule has 4 nitrogen and oxygen atoms in total. The summed E-state index contributed by atoms with van der Waals surface area (Å²) in [5.41, 5.74) is 1.25. The molecule has 0 amide bonds. The van der Waals surface area contributed by atoms with Crippen LogP contribution < -0.4 is 0 Å². The highest BCUT2D eigenvalue weighted by molar-refractivity contribution is 5.46. The summed E-state index contributed by atoms with van der Waals surface area (Å²) >= 11 is 0. The Hall–Kier alpha value is -1.89. The second-order valence-electron chi connectivity index (χ2n) is 3.32. The zero-order valence-corrected chi connectivity index (χ0v) is 8.56. The molecule has 0 radical (unpaired) electrons. The third-order valence-electron chi connectivity index (χ3n) is 2.20. The van der Waals surface area contributed by atoms with E-state index in [-0.39, 0.29) is 5.69 Å². The van der Waals surface area contributed by atoms with Gasteiger partial charge >= 0.3 is 0 Å². The first kappa shape index (κ1) is 11.2.